The van der Waals surface area contributed by atoms with Crippen molar-refractivity contribution in [2.75, 3.05) is 24.5 Å². The number of carboxylic acids is 1. The van der Waals surface area contributed by atoms with E-state index in [0.717, 1.165) is 43.4 Å². The number of halogens is 1. The lowest BCUT2D eigenvalue weighted by Gasteiger charge is -2.35. The molecule has 5 rings (SSSR count). The van der Waals surface area contributed by atoms with Gasteiger partial charge in [-0.15, -0.1) is 11.3 Å². The fourth-order valence-corrected chi connectivity index (χ4v) is 9.83. The second-order valence-electron chi connectivity index (χ2n) is 11.2. The van der Waals surface area contributed by atoms with Crippen molar-refractivity contribution in [1.29, 1.82) is 0 Å². The molecular formula is C32H37BrN2O7S2. The molecule has 236 valence electrons. The fourth-order valence-electron chi connectivity index (χ4n) is 6.12. The molecule has 0 radical (unpaired) electrons. The number of methoxy groups -OCH3 is 1. The maximum absolute atomic E-state index is 14.0. The van der Waals surface area contributed by atoms with Crippen LogP contribution in [-0.4, -0.2) is 57.8 Å². The summed E-state index contributed by atoms with van der Waals surface area (Å²) in [5.41, 5.74) is 1.85. The second kappa shape index (κ2) is 14.4. The topological polar surface area (TPSA) is 122 Å². The standard InChI is InChI=1S/C32H37BrN2O7S2/c1-41-32(38)27(22-11-6-3-7-12-22)42-28-26(33)29(43-30(28)31(36)37)23-13-8-14-25(19-23)35(24-15-17-34-18-16-24)44(39,40)20-21-9-4-2-5-10-21/h2,4-5,8-10,13-14,19,22,24,27,34H,3,6-7,11-12,15-18,20H2,1H3,(H,36,37). The van der Waals surface area contributed by atoms with Crippen molar-refractivity contribution < 1.29 is 32.6 Å². The predicted molar refractivity (Wildman–Crippen MR) is 175 cm³/mol. The zero-order valence-corrected chi connectivity index (χ0v) is 27.8. The van der Waals surface area contributed by atoms with E-state index < -0.39 is 28.1 Å². The summed E-state index contributed by atoms with van der Waals surface area (Å²) in [6, 6.07) is 16.1. The normalized spacial score (nSPS) is 17.1. The third-order valence-corrected chi connectivity index (χ3v) is 12.3. The Kier molecular flexibility index (Phi) is 10.7. The lowest BCUT2D eigenvalue weighted by atomic mass is 9.85. The number of carbonyl (C=O) groups is 2. The van der Waals surface area contributed by atoms with Gasteiger partial charge in [-0.25, -0.2) is 18.0 Å². The Morgan fingerprint density at radius 1 is 1.05 bits per heavy atom. The van der Waals surface area contributed by atoms with Crippen molar-refractivity contribution in [3.63, 3.8) is 0 Å². The first-order chi connectivity index (χ1) is 21.2. The highest BCUT2D eigenvalue weighted by Gasteiger charge is 2.36. The van der Waals surface area contributed by atoms with E-state index in [4.69, 9.17) is 9.47 Å². The molecule has 2 aliphatic rings. The third-order valence-electron chi connectivity index (χ3n) is 8.25. The van der Waals surface area contributed by atoms with Gasteiger partial charge < -0.3 is 19.9 Å². The molecule has 2 aromatic carbocycles. The molecular weight excluding hydrogens is 668 g/mol. The van der Waals surface area contributed by atoms with Crippen LogP contribution in [0, 0.1) is 5.92 Å². The van der Waals surface area contributed by atoms with Crippen LogP contribution in [0.25, 0.3) is 10.4 Å². The number of nitrogens with zero attached hydrogens (tertiary/aromatic N) is 1. The molecule has 0 bridgehead atoms. The molecule has 1 saturated heterocycles. The molecule has 44 heavy (non-hydrogen) atoms. The summed E-state index contributed by atoms with van der Waals surface area (Å²) in [7, 11) is -2.46. The summed E-state index contributed by atoms with van der Waals surface area (Å²) in [4.78, 5) is 25.7. The number of ether oxygens (including phenoxy) is 2. The molecule has 1 aliphatic heterocycles. The van der Waals surface area contributed by atoms with Crippen molar-refractivity contribution in [3.05, 3.63) is 69.5 Å². The first-order valence-corrected chi connectivity index (χ1v) is 18.1. The molecule has 12 heteroatoms. The Labute approximate surface area is 270 Å². The number of anilines is 1. The van der Waals surface area contributed by atoms with Crippen LogP contribution in [0.1, 0.15) is 60.2 Å². The van der Waals surface area contributed by atoms with Gasteiger partial charge >= 0.3 is 11.9 Å². The zero-order valence-electron chi connectivity index (χ0n) is 24.5. The van der Waals surface area contributed by atoms with Gasteiger partial charge in [0.15, 0.2) is 16.7 Å². The Balaban J connectivity index is 1.53. The lowest BCUT2D eigenvalue weighted by molar-refractivity contribution is -0.152. The number of nitrogens with one attached hydrogen (secondary N) is 1. The molecule has 2 N–H and O–H groups in total. The highest BCUT2D eigenvalue weighted by Crippen LogP contribution is 2.47. The smallest absolute Gasteiger partial charge is 0.349 e. The van der Waals surface area contributed by atoms with Gasteiger partial charge in [0, 0.05) is 12.0 Å². The van der Waals surface area contributed by atoms with Gasteiger partial charge in [0.25, 0.3) is 0 Å². The van der Waals surface area contributed by atoms with E-state index in [1.165, 1.54) is 11.4 Å². The number of sulfonamides is 1. The molecule has 2 heterocycles. The minimum Gasteiger partial charge on any atom is -0.477 e. The SMILES string of the molecule is COC(=O)C(Oc1c(C(=O)O)sc(-c2cccc(N(C3CCNCC3)S(=O)(=O)Cc3ccccc3)c2)c1Br)C1CCCCC1. The molecule has 1 aromatic heterocycles. The molecule has 1 saturated carbocycles. The van der Waals surface area contributed by atoms with Crippen molar-refractivity contribution in [1.82, 2.24) is 5.32 Å². The van der Waals surface area contributed by atoms with Crippen LogP contribution in [0.5, 0.6) is 5.75 Å². The average molecular weight is 706 g/mol. The van der Waals surface area contributed by atoms with Crippen molar-refractivity contribution in [3.8, 4) is 16.2 Å². The Morgan fingerprint density at radius 2 is 1.75 bits per heavy atom. The first kappa shape index (κ1) is 32.5. The maximum Gasteiger partial charge on any atom is 0.349 e. The molecule has 2 fully saturated rings. The highest BCUT2D eigenvalue weighted by atomic mass is 79.9. The quantitative estimate of drug-likeness (QED) is 0.218. The first-order valence-electron chi connectivity index (χ1n) is 14.9. The van der Waals surface area contributed by atoms with Crippen LogP contribution in [0.4, 0.5) is 5.69 Å². The highest BCUT2D eigenvalue weighted by molar-refractivity contribution is 9.10. The van der Waals surface area contributed by atoms with Gasteiger partial charge in [-0.1, -0.05) is 61.7 Å². The van der Waals surface area contributed by atoms with E-state index in [1.54, 1.807) is 30.3 Å². The van der Waals surface area contributed by atoms with Crippen molar-refractivity contribution in [2.45, 2.75) is 62.8 Å². The average Bonchev–Trinajstić information content (AvgIpc) is 3.36. The molecule has 9 nitrogen and oxygen atoms in total. The van der Waals surface area contributed by atoms with E-state index in [1.807, 2.05) is 24.3 Å². The minimum atomic E-state index is -3.77. The summed E-state index contributed by atoms with van der Waals surface area (Å²) >= 11 is 4.60. The van der Waals surface area contributed by atoms with Gasteiger partial charge in [-0.05, 0) is 78.0 Å². The van der Waals surface area contributed by atoms with Gasteiger partial charge in [0.05, 0.1) is 27.9 Å². The monoisotopic (exact) mass is 704 g/mol. The maximum atomic E-state index is 14.0. The number of benzene rings is 2. The number of esters is 1. The number of hydrogen-bond donors (Lipinski definition) is 2. The third kappa shape index (κ3) is 7.30. The van der Waals surface area contributed by atoms with Crippen molar-refractivity contribution >= 4 is 54.9 Å². The molecule has 3 aromatic rings. The summed E-state index contributed by atoms with van der Waals surface area (Å²) in [5.74, 6) is -1.85. The van der Waals surface area contributed by atoms with Crippen LogP contribution >= 0.6 is 27.3 Å². The molecule has 0 spiro atoms. The van der Waals surface area contributed by atoms with E-state index in [0.29, 0.717) is 52.1 Å². The van der Waals surface area contributed by atoms with Gasteiger partial charge in [-0.3, -0.25) is 4.31 Å². The Hall–Kier alpha value is -2.93. The van der Waals surface area contributed by atoms with Crippen LogP contribution in [-0.2, 0) is 25.3 Å². The van der Waals surface area contributed by atoms with Gasteiger partial charge in [0.1, 0.15) is 0 Å². The van der Waals surface area contributed by atoms with E-state index >= 15 is 0 Å². The zero-order chi connectivity index (χ0) is 31.3. The number of piperidine rings is 1. The summed E-state index contributed by atoms with van der Waals surface area (Å²) < 4.78 is 41.2. The number of thiophene rings is 1. The van der Waals surface area contributed by atoms with Gasteiger partial charge in [0.2, 0.25) is 10.0 Å². The number of hydrogen-bond acceptors (Lipinski definition) is 8. The number of rotatable bonds is 11. The minimum absolute atomic E-state index is 0.0473. The van der Waals surface area contributed by atoms with E-state index in [9.17, 15) is 23.1 Å². The molecule has 1 unspecified atom stereocenters. The van der Waals surface area contributed by atoms with Crippen LogP contribution < -0.4 is 14.4 Å². The predicted octanol–water partition coefficient (Wildman–Crippen LogP) is 6.46. The largest absolute Gasteiger partial charge is 0.477 e. The second-order valence-corrected chi connectivity index (χ2v) is 14.9. The van der Waals surface area contributed by atoms with Crippen LogP contribution in [0.2, 0.25) is 0 Å². The molecule has 0 amide bonds. The van der Waals surface area contributed by atoms with Gasteiger partial charge in [-0.2, -0.15) is 0 Å². The number of carboxylic acid groups (broad SMARTS) is 1. The number of aromatic carboxylic acids is 1. The summed E-state index contributed by atoms with van der Waals surface area (Å²) in [6.45, 7) is 1.42. The number of carbonyl (C=O) groups excluding carboxylic acids is 1. The van der Waals surface area contributed by atoms with Crippen LogP contribution in [0.3, 0.4) is 0 Å². The van der Waals surface area contributed by atoms with Crippen molar-refractivity contribution in [2.24, 2.45) is 5.92 Å². The molecule has 1 atom stereocenters. The van der Waals surface area contributed by atoms with E-state index in [-0.39, 0.29) is 28.3 Å². The molecule has 1 aliphatic carbocycles. The lowest BCUT2D eigenvalue weighted by Crippen LogP contribution is -2.46. The summed E-state index contributed by atoms with van der Waals surface area (Å²) in [5, 5.41) is 13.4. The fraction of sp³-hybridized carbons (Fsp3) is 0.438. The van der Waals surface area contributed by atoms with Crippen LogP contribution in [0.15, 0.2) is 59.1 Å². The Bertz CT molecular complexity index is 1570. The Morgan fingerprint density at radius 3 is 2.41 bits per heavy atom. The summed E-state index contributed by atoms with van der Waals surface area (Å²) in [6.07, 6.45) is 5.01. The van der Waals surface area contributed by atoms with E-state index in [2.05, 4.69) is 21.2 Å².